The molecule has 29 heavy (non-hydrogen) atoms. The molecule has 0 fully saturated rings. The normalized spacial score (nSPS) is 18.1. The van der Waals surface area contributed by atoms with Gasteiger partial charge in [0.1, 0.15) is 5.41 Å². The zero-order valence-corrected chi connectivity index (χ0v) is 16.8. The average Bonchev–Trinajstić information content (AvgIpc) is 2.67. The van der Waals surface area contributed by atoms with Crippen molar-refractivity contribution in [2.75, 3.05) is 18.7 Å². The van der Waals surface area contributed by atoms with E-state index in [4.69, 9.17) is 16.3 Å². The lowest BCUT2D eigenvalue weighted by Gasteiger charge is -2.34. The second-order valence-electron chi connectivity index (χ2n) is 6.62. The number of carbonyl (C=O) groups is 2. The lowest BCUT2D eigenvalue weighted by molar-refractivity contribution is -0.148. The number of ether oxygens (including phenoxy) is 1. The Morgan fingerprint density at radius 1 is 1.28 bits per heavy atom. The van der Waals surface area contributed by atoms with Gasteiger partial charge in [-0.25, -0.2) is 9.48 Å². The van der Waals surface area contributed by atoms with Gasteiger partial charge in [-0.1, -0.05) is 23.7 Å². The van der Waals surface area contributed by atoms with E-state index in [9.17, 15) is 19.5 Å². The van der Waals surface area contributed by atoms with Crippen LogP contribution in [0.3, 0.4) is 0 Å². The second kappa shape index (κ2) is 7.67. The van der Waals surface area contributed by atoms with Crippen LogP contribution in [-0.2, 0) is 26.3 Å². The fourth-order valence-corrected chi connectivity index (χ4v) is 3.35. The van der Waals surface area contributed by atoms with E-state index in [1.807, 2.05) is 0 Å². The van der Waals surface area contributed by atoms with E-state index in [2.05, 4.69) is 10.2 Å². The molecule has 1 aromatic carbocycles. The van der Waals surface area contributed by atoms with Crippen LogP contribution < -0.4 is 10.6 Å². The van der Waals surface area contributed by atoms with Gasteiger partial charge in [-0.15, -0.1) is 0 Å². The monoisotopic (exact) mass is 418 g/mol. The summed E-state index contributed by atoms with van der Waals surface area (Å²) in [4.78, 5) is 38.0. The number of fused-ring (bicyclic) bond motifs is 1. The smallest absolute Gasteiger partial charge is 0.353 e. The van der Waals surface area contributed by atoms with Gasteiger partial charge in [-0.3, -0.25) is 14.6 Å². The molecule has 0 aliphatic carbocycles. The van der Waals surface area contributed by atoms with Gasteiger partial charge in [0.2, 0.25) is 0 Å². The van der Waals surface area contributed by atoms with Gasteiger partial charge in [0.25, 0.3) is 5.56 Å². The zero-order valence-electron chi connectivity index (χ0n) is 16.0. The summed E-state index contributed by atoms with van der Waals surface area (Å²) in [5, 5.41) is 19.6. The fraction of sp³-hybridized carbons (Fsp3) is 0.316. The predicted molar refractivity (Wildman–Crippen MR) is 107 cm³/mol. The maximum Gasteiger partial charge on any atom is 0.353 e. The maximum atomic E-state index is 13.3. The molecular formula is C19H19ClN4O5. The van der Waals surface area contributed by atoms with E-state index >= 15 is 0 Å². The molecule has 1 aromatic heterocycles. The number of carboxylic acids is 1. The molecule has 3 rings (SSSR count). The van der Waals surface area contributed by atoms with Crippen molar-refractivity contribution in [1.29, 1.82) is 0 Å². The Morgan fingerprint density at radius 2 is 1.93 bits per heavy atom. The second-order valence-corrected chi connectivity index (χ2v) is 7.05. The highest BCUT2D eigenvalue weighted by Gasteiger charge is 2.52. The fourth-order valence-electron chi connectivity index (χ4n) is 3.22. The molecule has 2 heterocycles. The van der Waals surface area contributed by atoms with Crippen molar-refractivity contribution in [2.45, 2.75) is 25.8 Å². The molecule has 10 heteroatoms. The first-order valence-electron chi connectivity index (χ1n) is 8.78. The first-order valence-corrected chi connectivity index (χ1v) is 9.16. The summed E-state index contributed by atoms with van der Waals surface area (Å²) in [7, 11) is 1.48. The van der Waals surface area contributed by atoms with Crippen LogP contribution in [0, 0.1) is 0 Å². The van der Waals surface area contributed by atoms with Crippen LogP contribution in [0.5, 0.6) is 0 Å². The Hall–Kier alpha value is -3.20. The van der Waals surface area contributed by atoms with Crippen LogP contribution in [0.4, 0.5) is 5.69 Å². The van der Waals surface area contributed by atoms with E-state index in [0.717, 1.165) is 10.2 Å². The first-order chi connectivity index (χ1) is 13.7. The quantitative estimate of drug-likeness (QED) is 0.734. The number of hydrogen-bond donors (Lipinski definition) is 1. The number of nitrogens with zero attached hydrogens (tertiary/aromatic N) is 4. The summed E-state index contributed by atoms with van der Waals surface area (Å²) < 4.78 is 6.26. The number of rotatable bonds is 5. The number of anilines is 1. The van der Waals surface area contributed by atoms with E-state index in [1.165, 1.54) is 25.2 Å². The van der Waals surface area contributed by atoms with Gasteiger partial charge in [-0.2, -0.15) is 10.2 Å². The molecule has 0 amide bonds. The van der Waals surface area contributed by atoms with Gasteiger partial charge in [-0.05, 0) is 31.5 Å². The number of halogens is 1. The van der Waals surface area contributed by atoms with Gasteiger partial charge >= 0.3 is 11.9 Å². The van der Waals surface area contributed by atoms with Crippen molar-refractivity contribution >= 4 is 34.9 Å². The summed E-state index contributed by atoms with van der Waals surface area (Å²) >= 11 is 5.89. The Bertz CT molecular complexity index is 1060. The van der Waals surface area contributed by atoms with Crippen molar-refractivity contribution < 1.29 is 19.4 Å². The topological polar surface area (TPSA) is 114 Å². The summed E-state index contributed by atoms with van der Waals surface area (Å²) in [6, 6.07) is 6.87. The Kier molecular flexibility index (Phi) is 5.43. The van der Waals surface area contributed by atoms with Gasteiger partial charge in [0.05, 0.1) is 30.6 Å². The lowest BCUT2D eigenvalue weighted by atomic mass is 9.76. The maximum absolute atomic E-state index is 13.3. The highest BCUT2D eigenvalue weighted by atomic mass is 35.5. The molecule has 0 spiro atoms. The number of benzene rings is 1. The first kappa shape index (κ1) is 20.5. The third-order valence-corrected chi connectivity index (χ3v) is 4.98. The third kappa shape index (κ3) is 3.49. The number of hydrazone groups is 1. The number of hydrogen-bond acceptors (Lipinski definition) is 7. The number of carbonyl (C=O) groups excluding carboxylic acids is 1. The molecule has 0 saturated heterocycles. The van der Waals surface area contributed by atoms with Gasteiger partial charge in [0, 0.05) is 12.1 Å². The highest BCUT2D eigenvalue weighted by Crippen LogP contribution is 2.36. The van der Waals surface area contributed by atoms with Crippen LogP contribution in [-0.4, -0.2) is 46.2 Å². The molecule has 9 nitrogen and oxygen atoms in total. The highest BCUT2D eigenvalue weighted by molar-refractivity contribution is 6.44. The Morgan fingerprint density at radius 3 is 2.52 bits per heavy atom. The van der Waals surface area contributed by atoms with E-state index in [1.54, 1.807) is 31.2 Å². The van der Waals surface area contributed by atoms with E-state index < -0.39 is 28.6 Å². The lowest BCUT2D eigenvalue weighted by Crippen LogP contribution is -2.53. The predicted octanol–water partition coefficient (Wildman–Crippen LogP) is 1.66. The molecule has 152 valence electrons. The number of aromatic nitrogens is 2. The summed E-state index contributed by atoms with van der Waals surface area (Å²) in [5.74, 6) is -2.28. The number of carboxylic acid groups (broad SMARTS) is 1. The molecule has 0 radical (unpaired) electrons. The minimum Gasteiger partial charge on any atom is -0.477 e. The van der Waals surface area contributed by atoms with Crippen LogP contribution >= 0.6 is 11.6 Å². The molecule has 1 unspecified atom stereocenters. The number of aliphatic carboxylic acids is 1. The SMILES string of the molecule is CCOC(=O)C1(C)C(C(=O)O)=NN(C)c2cnn(Cc3ccc(Cl)cc3)c(=O)c21. The molecule has 2 aromatic rings. The Balaban J connectivity index is 2.20. The minimum absolute atomic E-state index is 0.0243. The van der Waals surface area contributed by atoms with Crippen LogP contribution in [0.2, 0.25) is 5.02 Å². The van der Waals surface area contributed by atoms with Crippen LogP contribution in [0.25, 0.3) is 0 Å². The van der Waals surface area contributed by atoms with Gasteiger partial charge in [0.15, 0.2) is 5.71 Å². The van der Waals surface area contributed by atoms with Crippen molar-refractivity contribution in [3.63, 3.8) is 0 Å². The molecule has 0 saturated carbocycles. The van der Waals surface area contributed by atoms with Crippen molar-refractivity contribution in [3.05, 3.63) is 57.0 Å². The Labute approximate surface area is 171 Å². The summed E-state index contributed by atoms with van der Waals surface area (Å²) in [5.41, 5.74) is -2.03. The van der Waals surface area contributed by atoms with Crippen molar-refractivity contribution in [3.8, 4) is 0 Å². The van der Waals surface area contributed by atoms with Crippen molar-refractivity contribution in [1.82, 2.24) is 9.78 Å². The summed E-state index contributed by atoms with van der Waals surface area (Å²) in [6.07, 6.45) is 1.38. The van der Waals surface area contributed by atoms with Gasteiger partial charge < -0.3 is 9.84 Å². The molecule has 0 bridgehead atoms. The van der Waals surface area contributed by atoms with Crippen LogP contribution in [0.1, 0.15) is 25.0 Å². The van der Waals surface area contributed by atoms with E-state index in [-0.39, 0.29) is 24.4 Å². The van der Waals surface area contributed by atoms with Crippen molar-refractivity contribution in [2.24, 2.45) is 5.10 Å². The minimum atomic E-state index is -1.88. The third-order valence-electron chi connectivity index (χ3n) is 4.73. The molecule has 1 atom stereocenters. The molecule has 1 aliphatic rings. The molecule has 1 aliphatic heterocycles. The standard InChI is InChI=1S/C19H19ClN4O5/c1-4-29-18(28)19(2)14-13(23(3)22-15(19)17(26)27)9-21-24(16(14)25)10-11-5-7-12(20)8-6-11/h5-9H,4,10H2,1-3H3,(H,26,27). The largest absolute Gasteiger partial charge is 0.477 e. The molecular weight excluding hydrogens is 400 g/mol. The number of esters is 1. The molecule has 1 N–H and O–H groups in total. The zero-order chi connectivity index (χ0) is 21.3. The summed E-state index contributed by atoms with van der Waals surface area (Å²) in [6.45, 7) is 3.07. The average molecular weight is 419 g/mol. The van der Waals surface area contributed by atoms with E-state index in [0.29, 0.717) is 5.02 Å². The van der Waals surface area contributed by atoms with Crippen LogP contribution in [0.15, 0.2) is 40.4 Å².